The highest BCUT2D eigenvalue weighted by atomic mass is 35.5. The Hall–Kier alpha value is -3.25. The van der Waals surface area contributed by atoms with Crippen LogP contribution in [0.3, 0.4) is 0 Å². The fraction of sp³-hybridized carbons (Fsp3) is 0.217. The van der Waals surface area contributed by atoms with Crippen molar-refractivity contribution in [2.24, 2.45) is 0 Å². The molecule has 30 heavy (non-hydrogen) atoms. The molecule has 4 rings (SSSR count). The van der Waals surface area contributed by atoms with Gasteiger partial charge in [-0.3, -0.25) is 0 Å². The number of halogens is 1. The molecule has 0 saturated heterocycles. The second kappa shape index (κ2) is 9.05. The Bertz CT molecular complexity index is 1070. The van der Waals surface area contributed by atoms with Crippen molar-refractivity contribution < 1.29 is 23.4 Å². The normalized spacial score (nSPS) is 13.3. The largest absolute Gasteiger partial charge is 0.489 e. The Morgan fingerprint density at radius 1 is 1.20 bits per heavy atom. The van der Waals surface area contributed by atoms with Crippen molar-refractivity contribution in [2.75, 3.05) is 13.2 Å². The van der Waals surface area contributed by atoms with Gasteiger partial charge in [-0.25, -0.2) is 9.78 Å². The van der Waals surface area contributed by atoms with E-state index in [4.69, 9.17) is 30.2 Å². The van der Waals surface area contributed by atoms with E-state index >= 15 is 0 Å². The van der Waals surface area contributed by atoms with E-state index in [1.54, 1.807) is 25.1 Å². The van der Waals surface area contributed by atoms with E-state index in [-0.39, 0.29) is 6.61 Å². The van der Waals surface area contributed by atoms with Crippen LogP contribution in [0.4, 0.5) is 0 Å². The molecule has 0 atom stereocenters. The van der Waals surface area contributed by atoms with Crippen molar-refractivity contribution in [1.82, 2.24) is 4.98 Å². The Morgan fingerprint density at radius 3 is 2.83 bits per heavy atom. The molecular formula is C23H20ClNO5. The van der Waals surface area contributed by atoms with Crippen LogP contribution in [0, 0.1) is 6.92 Å². The summed E-state index contributed by atoms with van der Waals surface area (Å²) in [4.78, 5) is 16.6. The smallest absolute Gasteiger partial charge is 0.331 e. The van der Waals surface area contributed by atoms with Crippen molar-refractivity contribution in [3.8, 4) is 23.0 Å². The summed E-state index contributed by atoms with van der Waals surface area (Å²) < 4.78 is 22.2. The van der Waals surface area contributed by atoms with Gasteiger partial charge in [0, 0.05) is 18.1 Å². The quantitative estimate of drug-likeness (QED) is 0.412. The van der Waals surface area contributed by atoms with Crippen LogP contribution in [0.5, 0.6) is 11.5 Å². The summed E-state index contributed by atoms with van der Waals surface area (Å²) in [5.41, 5.74) is 2.16. The molecule has 0 spiro atoms. The van der Waals surface area contributed by atoms with Gasteiger partial charge in [-0.1, -0.05) is 29.8 Å². The van der Waals surface area contributed by atoms with Crippen LogP contribution in [-0.4, -0.2) is 24.2 Å². The second-order valence-corrected chi connectivity index (χ2v) is 7.12. The standard InChI is InChI=1S/C23H20ClNO5/c1-15-19(25-23(30-15)17-6-3-2-4-7-17)14-29-21(26)9-8-16-12-18(24)22-20(13-16)27-10-5-11-28-22/h2-4,6-9,12-13H,5,10-11,14H2,1H3/b9-8+. The van der Waals surface area contributed by atoms with Gasteiger partial charge in [0.25, 0.3) is 0 Å². The summed E-state index contributed by atoms with van der Waals surface area (Å²) in [5.74, 6) is 1.71. The highest BCUT2D eigenvalue weighted by molar-refractivity contribution is 6.32. The lowest BCUT2D eigenvalue weighted by Gasteiger charge is -2.09. The number of aromatic nitrogens is 1. The van der Waals surface area contributed by atoms with Crippen LogP contribution < -0.4 is 9.47 Å². The number of rotatable bonds is 5. The molecule has 1 aromatic heterocycles. The summed E-state index contributed by atoms with van der Waals surface area (Å²) in [6.45, 7) is 2.92. The molecule has 0 radical (unpaired) electrons. The van der Waals surface area contributed by atoms with Crippen LogP contribution in [-0.2, 0) is 16.1 Å². The van der Waals surface area contributed by atoms with E-state index in [0.29, 0.717) is 52.6 Å². The molecule has 6 nitrogen and oxygen atoms in total. The molecule has 154 valence electrons. The SMILES string of the molecule is Cc1oc(-c2ccccc2)nc1COC(=O)/C=C/c1cc(Cl)c2c(c1)OCCCO2. The van der Waals surface area contributed by atoms with E-state index in [0.717, 1.165) is 12.0 Å². The number of hydrogen-bond acceptors (Lipinski definition) is 6. The maximum Gasteiger partial charge on any atom is 0.331 e. The lowest BCUT2D eigenvalue weighted by atomic mass is 10.2. The van der Waals surface area contributed by atoms with Crippen molar-refractivity contribution >= 4 is 23.6 Å². The minimum absolute atomic E-state index is 0.0211. The van der Waals surface area contributed by atoms with Crippen molar-refractivity contribution in [3.63, 3.8) is 0 Å². The number of aryl methyl sites for hydroxylation is 1. The first kappa shape index (κ1) is 20.0. The van der Waals surface area contributed by atoms with Crippen molar-refractivity contribution in [1.29, 1.82) is 0 Å². The third-order valence-electron chi connectivity index (χ3n) is 4.50. The number of carbonyl (C=O) groups excluding carboxylic acids is 1. The molecule has 3 aromatic rings. The molecule has 0 N–H and O–H groups in total. The topological polar surface area (TPSA) is 70.8 Å². The van der Waals surface area contributed by atoms with Gasteiger partial charge in [-0.15, -0.1) is 0 Å². The molecule has 2 aromatic carbocycles. The zero-order valence-corrected chi connectivity index (χ0v) is 17.1. The first-order valence-corrected chi connectivity index (χ1v) is 9.93. The first-order chi connectivity index (χ1) is 14.6. The number of hydrogen-bond donors (Lipinski definition) is 0. The summed E-state index contributed by atoms with van der Waals surface area (Å²) in [6.07, 6.45) is 3.74. The van der Waals surface area contributed by atoms with Gasteiger partial charge in [0.1, 0.15) is 18.1 Å². The van der Waals surface area contributed by atoms with E-state index in [1.165, 1.54) is 6.08 Å². The molecule has 2 heterocycles. The van der Waals surface area contributed by atoms with Crippen LogP contribution in [0.25, 0.3) is 17.5 Å². The van der Waals surface area contributed by atoms with Crippen LogP contribution >= 0.6 is 11.6 Å². The van der Waals surface area contributed by atoms with E-state index in [2.05, 4.69) is 4.98 Å². The molecule has 7 heteroatoms. The molecule has 0 amide bonds. The molecular weight excluding hydrogens is 406 g/mol. The van der Waals surface area contributed by atoms with Crippen LogP contribution in [0.15, 0.2) is 53.0 Å². The molecule has 1 aliphatic rings. The van der Waals surface area contributed by atoms with Crippen LogP contribution in [0.1, 0.15) is 23.4 Å². The van der Waals surface area contributed by atoms with Gasteiger partial charge in [-0.05, 0) is 42.8 Å². The first-order valence-electron chi connectivity index (χ1n) is 9.56. The lowest BCUT2D eigenvalue weighted by Crippen LogP contribution is -2.02. The number of carbonyl (C=O) groups is 1. The number of benzene rings is 2. The maximum absolute atomic E-state index is 12.2. The Kier molecular flexibility index (Phi) is 6.05. The van der Waals surface area contributed by atoms with Crippen molar-refractivity contribution in [3.05, 3.63) is 70.6 Å². The fourth-order valence-corrected chi connectivity index (χ4v) is 3.24. The minimum Gasteiger partial charge on any atom is -0.489 e. The number of oxazole rings is 1. The van der Waals surface area contributed by atoms with Crippen LogP contribution in [0.2, 0.25) is 5.02 Å². The third kappa shape index (κ3) is 4.66. The van der Waals surface area contributed by atoms with E-state index in [9.17, 15) is 4.79 Å². The molecule has 0 saturated carbocycles. The van der Waals surface area contributed by atoms with E-state index in [1.807, 2.05) is 30.3 Å². The molecule has 0 aliphatic carbocycles. The van der Waals surface area contributed by atoms with E-state index < -0.39 is 5.97 Å². The van der Waals surface area contributed by atoms with Crippen molar-refractivity contribution in [2.45, 2.75) is 20.0 Å². The molecule has 0 fully saturated rings. The molecule has 1 aliphatic heterocycles. The number of fused-ring (bicyclic) bond motifs is 1. The Balaban J connectivity index is 1.40. The highest BCUT2D eigenvalue weighted by Gasteiger charge is 2.15. The number of ether oxygens (including phenoxy) is 3. The Morgan fingerprint density at radius 2 is 2.00 bits per heavy atom. The number of esters is 1. The Labute approximate surface area is 179 Å². The van der Waals surface area contributed by atoms with Gasteiger partial charge >= 0.3 is 5.97 Å². The average molecular weight is 426 g/mol. The highest BCUT2D eigenvalue weighted by Crippen LogP contribution is 2.38. The zero-order valence-electron chi connectivity index (χ0n) is 16.4. The van der Waals surface area contributed by atoms with Gasteiger partial charge in [0.15, 0.2) is 11.5 Å². The zero-order chi connectivity index (χ0) is 20.9. The van der Waals surface area contributed by atoms with Gasteiger partial charge < -0.3 is 18.6 Å². The fourth-order valence-electron chi connectivity index (χ4n) is 2.96. The average Bonchev–Trinajstić information content (AvgIpc) is 2.96. The molecule has 0 unspecified atom stereocenters. The lowest BCUT2D eigenvalue weighted by molar-refractivity contribution is -0.139. The van der Waals surface area contributed by atoms with Gasteiger partial charge in [-0.2, -0.15) is 0 Å². The summed E-state index contributed by atoms with van der Waals surface area (Å²) in [6, 6.07) is 13.0. The summed E-state index contributed by atoms with van der Waals surface area (Å²) in [7, 11) is 0. The predicted octanol–water partition coefficient (Wildman–Crippen LogP) is 5.22. The number of nitrogens with zero attached hydrogens (tertiary/aromatic N) is 1. The predicted molar refractivity (Wildman–Crippen MR) is 113 cm³/mol. The monoisotopic (exact) mass is 425 g/mol. The molecule has 0 bridgehead atoms. The van der Waals surface area contributed by atoms with Gasteiger partial charge in [0.05, 0.1) is 18.2 Å². The van der Waals surface area contributed by atoms with Gasteiger partial charge in [0.2, 0.25) is 5.89 Å². The summed E-state index contributed by atoms with van der Waals surface area (Å²) in [5, 5.41) is 0.439. The third-order valence-corrected chi connectivity index (χ3v) is 4.78. The second-order valence-electron chi connectivity index (χ2n) is 6.71. The minimum atomic E-state index is -0.498. The summed E-state index contributed by atoms with van der Waals surface area (Å²) >= 11 is 6.27. The maximum atomic E-state index is 12.2.